The monoisotopic (exact) mass is 386 g/mol. The molecule has 0 fully saturated rings. The van der Waals surface area contributed by atoms with Crippen LogP contribution in [-0.4, -0.2) is 15.9 Å². The lowest BCUT2D eigenvalue weighted by atomic mass is 10.2. The Labute approximate surface area is 159 Å². The molecule has 0 aliphatic carbocycles. The van der Waals surface area contributed by atoms with Crippen LogP contribution in [0.25, 0.3) is 0 Å². The third-order valence-electron chi connectivity index (χ3n) is 3.66. The average Bonchev–Trinajstić information content (AvgIpc) is 2.68. The fourth-order valence-corrected chi connectivity index (χ4v) is 2.34. The van der Waals surface area contributed by atoms with Crippen molar-refractivity contribution >= 4 is 34.8 Å². The molecule has 0 saturated carbocycles. The summed E-state index contributed by atoms with van der Waals surface area (Å²) in [6, 6.07) is 12.5. The zero-order valence-corrected chi connectivity index (χ0v) is 14.8. The van der Waals surface area contributed by atoms with Crippen LogP contribution in [0.5, 0.6) is 0 Å². The van der Waals surface area contributed by atoms with Gasteiger partial charge in [0.25, 0.3) is 5.91 Å². The average molecular weight is 387 g/mol. The predicted octanol–water partition coefficient (Wildman–Crippen LogP) is 3.22. The molecular weight excluding hydrogens is 371 g/mol. The van der Waals surface area contributed by atoms with Crippen molar-refractivity contribution in [2.75, 3.05) is 16.5 Å². The summed E-state index contributed by atoms with van der Waals surface area (Å²) in [5.74, 6) is -0.0415. The van der Waals surface area contributed by atoms with Crippen LogP contribution in [0.2, 0.25) is 5.02 Å². The van der Waals surface area contributed by atoms with Crippen LogP contribution in [-0.2, 0) is 6.54 Å². The summed E-state index contributed by atoms with van der Waals surface area (Å²) in [4.78, 5) is 20.2. The van der Waals surface area contributed by atoms with Crippen LogP contribution in [0.3, 0.4) is 0 Å². The molecule has 5 N–H and O–H groups in total. The Kier molecular flexibility index (Phi) is 5.68. The van der Waals surface area contributed by atoms with Gasteiger partial charge in [0.2, 0.25) is 0 Å². The Morgan fingerprint density at radius 1 is 1.04 bits per heavy atom. The maximum atomic E-state index is 12.9. The standard InChI is InChI=1S/C18H16ClFN6O/c19-13-5-3-12(4-6-13)18(27)26-25-17-15(21)16(23-10-24-17)22-9-11-1-7-14(20)8-2-11/h1-8,10H,9,21H2,(H,26,27)(H2,22,23,24,25). The number of halogens is 2. The van der Waals surface area contributed by atoms with E-state index >= 15 is 0 Å². The molecule has 0 spiro atoms. The number of nitrogens with zero attached hydrogens (tertiary/aromatic N) is 2. The van der Waals surface area contributed by atoms with E-state index in [1.54, 1.807) is 36.4 Å². The number of hydrogen-bond donors (Lipinski definition) is 4. The molecular formula is C18H16ClFN6O. The zero-order chi connectivity index (χ0) is 19.2. The second-order valence-electron chi connectivity index (χ2n) is 5.55. The maximum Gasteiger partial charge on any atom is 0.269 e. The van der Waals surface area contributed by atoms with Crippen LogP contribution >= 0.6 is 11.6 Å². The number of aromatic nitrogens is 2. The van der Waals surface area contributed by atoms with Gasteiger partial charge in [0, 0.05) is 17.1 Å². The summed E-state index contributed by atoms with van der Waals surface area (Å²) in [5, 5.41) is 3.59. The van der Waals surface area contributed by atoms with Gasteiger partial charge >= 0.3 is 0 Å². The molecule has 0 unspecified atom stereocenters. The van der Waals surface area contributed by atoms with Crippen LogP contribution in [0, 0.1) is 5.82 Å². The quantitative estimate of drug-likeness (QED) is 0.485. The van der Waals surface area contributed by atoms with Crippen molar-refractivity contribution < 1.29 is 9.18 Å². The van der Waals surface area contributed by atoms with Gasteiger partial charge < -0.3 is 11.1 Å². The van der Waals surface area contributed by atoms with Gasteiger partial charge in [0.1, 0.15) is 17.8 Å². The molecule has 1 aromatic heterocycles. The Morgan fingerprint density at radius 3 is 2.41 bits per heavy atom. The molecule has 3 aromatic rings. The minimum absolute atomic E-state index is 0.232. The van der Waals surface area contributed by atoms with Crippen LogP contribution in [0.4, 0.5) is 21.7 Å². The Bertz CT molecular complexity index is 934. The molecule has 1 amide bonds. The number of benzene rings is 2. The van der Waals surface area contributed by atoms with Crippen molar-refractivity contribution in [2.24, 2.45) is 0 Å². The van der Waals surface area contributed by atoms with E-state index in [2.05, 4.69) is 26.1 Å². The topological polar surface area (TPSA) is 105 Å². The molecule has 0 bridgehead atoms. The van der Waals surface area contributed by atoms with Gasteiger partial charge in [0.05, 0.1) is 0 Å². The van der Waals surface area contributed by atoms with Gasteiger partial charge in [-0.3, -0.25) is 15.6 Å². The molecule has 1 heterocycles. The van der Waals surface area contributed by atoms with E-state index in [-0.39, 0.29) is 23.2 Å². The molecule has 9 heteroatoms. The minimum Gasteiger partial charge on any atom is -0.393 e. The fourth-order valence-electron chi connectivity index (χ4n) is 2.21. The Morgan fingerprint density at radius 2 is 1.70 bits per heavy atom. The molecule has 0 aliphatic heterocycles. The number of nitrogen functional groups attached to an aromatic ring is 1. The summed E-state index contributed by atoms with van der Waals surface area (Å²) >= 11 is 5.80. The number of amides is 1. The van der Waals surface area contributed by atoms with E-state index in [4.69, 9.17) is 17.3 Å². The van der Waals surface area contributed by atoms with Crippen LogP contribution in [0.1, 0.15) is 15.9 Å². The molecule has 0 atom stereocenters. The first kappa shape index (κ1) is 18.4. The summed E-state index contributed by atoms with van der Waals surface area (Å²) in [5.41, 5.74) is 12.7. The van der Waals surface area contributed by atoms with Gasteiger partial charge in [-0.15, -0.1) is 0 Å². The summed E-state index contributed by atoms with van der Waals surface area (Å²) < 4.78 is 12.9. The molecule has 7 nitrogen and oxygen atoms in total. The van der Waals surface area contributed by atoms with Gasteiger partial charge in [0.15, 0.2) is 11.6 Å². The number of nitrogens with one attached hydrogen (secondary N) is 3. The minimum atomic E-state index is -0.370. The smallest absolute Gasteiger partial charge is 0.269 e. The van der Waals surface area contributed by atoms with Gasteiger partial charge in [-0.1, -0.05) is 23.7 Å². The highest BCUT2D eigenvalue weighted by Crippen LogP contribution is 2.22. The van der Waals surface area contributed by atoms with Crippen molar-refractivity contribution in [2.45, 2.75) is 6.54 Å². The van der Waals surface area contributed by atoms with E-state index in [0.717, 1.165) is 5.56 Å². The Hall–Kier alpha value is -3.39. The highest BCUT2D eigenvalue weighted by Gasteiger charge is 2.10. The number of nitrogens with two attached hydrogens (primary N) is 1. The van der Waals surface area contributed by atoms with E-state index in [0.29, 0.717) is 22.9 Å². The lowest BCUT2D eigenvalue weighted by molar-refractivity contribution is 0.0962. The fraction of sp³-hybridized carbons (Fsp3) is 0.0556. The lowest BCUT2D eigenvalue weighted by Gasteiger charge is -2.13. The van der Waals surface area contributed by atoms with Gasteiger partial charge in [-0.25, -0.2) is 14.4 Å². The molecule has 27 heavy (non-hydrogen) atoms. The molecule has 0 radical (unpaired) electrons. The zero-order valence-electron chi connectivity index (χ0n) is 14.0. The maximum absolute atomic E-state index is 12.9. The molecule has 2 aromatic carbocycles. The van der Waals surface area contributed by atoms with E-state index < -0.39 is 0 Å². The molecule has 0 aliphatic rings. The number of rotatable bonds is 6. The second kappa shape index (κ2) is 8.33. The number of hydrazine groups is 1. The third kappa shape index (κ3) is 4.83. The lowest BCUT2D eigenvalue weighted by Crippen LogP contribution is -2.30. The normalized spacial score (nSPS) is 10.3. The SMILES string of the molecule is Nc1c(NCc2ccc(F)cc2)ncnc1NNC(=O)c1ccc(Cl)cc1. The molecule has 138 valence electrons. The number of carbonyl (C=O) groups is 1. The highest BCUT2D eigenvalue weighted by molar-refractivity contribution is 6.30. The highest BCUT2D eigenvalue weighted by atomic mass is 35.5. The largest absolute Gasteiger partial charge is 0.393 e. The van der Waals surface area contributed by atoms with Crippen molar-refractivity contribution in [3.05, 3.63) is 76.8 Å². The molecule has 3 rings (SSSR count). The predicted molar refractivity (Wildman–Crippen MR) is 103 cm³/mol. The van der Waals surface area contributed by atoms with Crippen LogP contribution < -0.4 is 21.9 Å². The number of anilines is 3. The van der Waals surface area contributed by atoms with Crippen molar-refractivity contribution in [3.8, 4) is 0 Å². The third-order valence-corrected chi connectivity index (χ3v) is 3.91. The first-order chi connectivity index (χ1) is 13.0. The van der Waals surface area contributed by atoms with Crippen molar-refractivity contribution in [1.82, 2.24) is 15.4 Å². The van der Waals surface area contributed by atoms with Gasteiger partial charge in [-0.2, -0.15) is 0 Å². The van der Waals surface area contributed by atoms with E-state index in [1.807, 2.05) is 0 Å². The summed E-state index contributed by atoms with van der Waals surface area (Å²) in [6.45, 7) is 0.401. The summed E-state index contributed by atoms with van der Waals surface area (Å²) in [6.07, 6.45) is 1.31. The molecule has 0 saturated heterocycles. The summed E-state index contributed by atoms with van der Waals surface area (Å²) in [7, 11) is 0. The van der Waals surface area contributed by atoms with E-state index in [1.165, 1.54) is 18.5 Å². The van der Waals surface area contributed by atoms with Gasteiger partial charge in [-0.05, 0) is 42.0 Å². The van der Waals surface area contributed by atoms with Crippen molar-refractivity contribution in [3.63, 3.8) is 0 Å². The number of hydrogen-bond acceptors (Lipinski definition) is 6. The van der Waals surface area contributed by atoms with Crippen molar-refractivity contribution in [1.29, 1.82) is 0 Å². The number of carbonyl (C=O) groups excluding carboxylic acids is 1. The second-order valence-corrected chi connectivity index (χ2v) is 5.99. The van der Waals surface area contributed by atoms with Crippen LogP contribution in [0.15, 0.2) is 54.9 Å². The first-order valence-electron chi connectivity index (χ1n) is 7.93. The Balaban J connectivity index is 1.63. The van der Waals surface area contributed by atoms with E-state index in [9.17, 15) is 9.18 Å². The first-order valence-corrected chi connectivity index (χ1v) is 8.31.